The SMILES string of the molecule is CNCCNC(=O)[C@H](CC(=O)NC1CC(N)CC2SSC2CC(C(=O)O)C1)N(C)C(=O)CCCCCS. The average molecular weight is 578 g/mol. The van der Waals surface area contributed by atoms with Gasteiger partial charge in [-0.25, -0.2) is 0 Å². The molecule has 0 aromatic rings. The highest BCUT2D eigenvalue weighted by atomic mass is 33.1. The second kappa shape index (κ2) is 16.7. The number of carbonyl (C=O) groups is 4. The first-order chi connectivity index (χ1) is 17.7. The third kappa shape index (κ3) is 10.9. The normalized spacial score (nSPS) is 26.3. The van der Waals surface area contributed by atoms with Gasteiger partial charge in [-0.15, -0.1) is 0 Å². The van der Waals surface area contributed by atoms with Gasteiger partial charge in [-0.05, 0) is 51.3 Å². The van der Waals surface area contributed by atoms with Crippen LogP contribution in [0.5, 0.6) is 0 Å². The fourth-order valence-corrected chi connectivity index (χ4v) is 7.96. The zero-order valence-corrected chi connectivity index (χ0v) is 24.3. The molecular formula is C24H43N5O5S3. The molecule has 1 saturated heterocycles. The first kappa shape index (κ1) is 32.1. The molecule has 0 aromatic heterocycles. The number of rotatable bonds is 14. The number of hydrogen-bond acceptors (Lipinski definition) is 9. The fourth-order valence-electron chi connectivity index (χ4n) is 4.70. The van der Waals surface area contributed by atoms with Crippen molar-refractivity contribution in [1.82, 2.24) is 20.9 Å². The summed E-state index contributed by atoms with van der Waals surface area (Å²) in [5.74, 6) is -1.66. The molecule has 0 bridgehead atoms. The minimum atomic E-state index is -0.960. The molecule has 2 rings (SSSR count). The van der Waals surface area contributed by atoms with Gasteiger partial charge < -0.3 is 31.7 Å². The number of fused-ring (bicyclic) bond motifs is 1. The molecule has 1 saturated carbocycles. The van der Waals surface area contributed by atoms with Gasteiger partial charge in [0.05, 0.1) is 12.3 Å². The number of aliphatic carboxylic acids is 1. The van der Waals surface area contributed by atoms with Crippen molar-refractivity contribution in [2.75, 3.05) is 32.9 Å². The first-order valence-corrected chi connectivity index (χ1v) is 16.0. The zero-order chi connectivity index (χ0) is 27.4. The number of thiol groups is 1. The van der Waals surface area contributed by atoms with E-state index in [-0.39, 0.29) is 23.6 Å². The Morgan fingerprint density at radius 3 is 2.38 bits per heavy atom. The molecule has 1 aliphatic carbocycles. The van der Waals surface area contributed by atoms with E-state index in [9.17, 15) is 24.3 Å². The molecule has 2 fully saturated rings. The van der Waals surface area contributed by atoms with E-state index in [0.717, 1.165) is 25.0 Å². The van der Waals surface area contributed by atoms with Crippen LogP contribution in [-0.2, 0) is 19.2 Å². The maximum atomic E-state index is 13.1. The summed E-state index contributed by atoms with van der Waals surface area (Å²) in [5, 5.41) is 19.1. The Morgan fingerprint density at radius 1 is 1.05 bits per heavy atom. The van der Waals surface area contributed by atoms with Crippen LogP contribution in [0.3, 0.4) is 0 Å². The Hall–Kier alpha value is -1.15. The second-order valence-electron chi connectivity index (χ2n) is 9.93. The smallest absolute Gasteiger partial charge is 0.306 e. The molecule has 1 heterocycles. The van der Waals surface area contributed by atoms with E-state index in [1.54, 1.807) is 35.7 Å². The molecule has 0 radical (unpaired) electrons. The van der Waals surface area contributed by atoms with Gasteiger partial charge in [-0.2, -0.15) is 12.6 Å². The lowest BCUT2D eigenvalue weighted by Gasteiger charge is -2.36. The van der Waals surface area contributed by atoms with E-state index in [1.165, 1.54) is 4.90 Å². The van der Waals surface area contributed by atoms with E-state index in [2.05, 4.69) is 28.6 Å². The van der Waals surface area contributed by atoms with Crippen molar-refractivity contribution < 1.29 is 24.3 Å². The third-order valence-electron chi connectivity index (χ3n) is 6.91. The summed E-state index contributed by atoms with van der Waals surface area (Å²) in [6, 6.07) is -1.52. The van der Waals surface area contributed by atoms with E-state index in [0.29, 0.717) is 50.4 Å². The van der Waals surface area contributed by atoms with Gasteiger partial charge in [0.1, 0.15) is 6.04 Å². The number of nitrogens with one attached hydrogen (secondary N) is 3. The number of nitrogens with zero attached hydrogens (tertiary/aromatic N) is 1. The Bertz CT molecular complexity index is 777. The predicted molar refractivity (Wildman–Crippen MR) is 153 cm³/mol. The number of nitrogens with two attached hydrogens (primary N) is 1. The van der Waals surface area contributed by atoms with Crippen molar-refractivity contribution >= 4 is 57.9 Å². The molecule has 13 heteroatoms. The van der Waals surface area contributed by atoms with E-state index in [4.69, 9.17) is 5.73 Å². The van der Waals surface area contributed by atoms with Gasteiger partial charge in [0, 0.05) is 49.1 Å². The molecule has 6 atom stereocenters. The molecule has 37 heavy (non-hydrogen) atoms. The molecule has 6 N–H and O–H groups in total. The number of amides is 3. The number of likely N-dealkylation sites (N-methyl/N-ethyl adjacent to an activating group) is 2. The Balaban J connectivity index is 2.06. The Kier molecular flexibility index (Phi) is 14.5. The van der Waals surface area contributed by atoms with Gasteiger partial charge in [-0.3, -0.25) is 19.2 Å². The van der Waals surface area contributed by atoms with E-state index >= 15 is 0 Å². The lowest BCUT2D eigenvalue weighted by Crippen LogP contribution is -2.51. The standard InChI is InChI=1S/C24H43N5O5S3/c1-26-7-8-27-23(32)18(29(2)22(31)6-4-3-5-9-35)14-21(30)28-17-10-15(24(33)34)11-19-20(37-36-19)13-16(25)12-17/h15-20,26,35H,3-14,25H2,1-2H3,(H,27,32)(H,28,30)(H,33,34)/t15?,16?,17?,18-,19?,20?/m0/s1. The van der Waals surface area contributed by atoms with Gasteiger partial charge >= 0.3 is 5.97 Å². The molecule has 1 aliphatic heterocycles. The van der Waals surface area contributed by atoms with Crippen LogP contribution in [0.2, 0.25) is 0 Å². The lowest BCUT2D eigenvalue weighted by molar-refractivity contribution is -0.143. The van der Waals surface area contributed by atoms with Crippen molar-refractivity contribution in [2.24, 2.45) is 11.7 Å². The zero-order valence-electron chi connectivity index (χ0n) is 21.8. The summed E-state index contributed by atoms with van der Waals surface area (Å²) in [7, 11) is 6.79. The van der Waals surface area contributed by atoms with Crippen LogP contribution in [-0.4, -0.2) is 95.3 Å². The van der Waals surface area contributed by atoms with Gasteiger partial charge in [0.15, 0.2) is 0 Å². The summed E-state index contributed by atoms with van der Waals surface area (Å²) in [6.45, 7) is 0.925. The maximum Gasteiger partial charge on any atom is 0.306 e. The van der Waals surface area contributed by atoms with Crippen LogP contribution in [0.1, 0.15) is 57.8 Å². The molecule has 10 nitrogen and oxygen atoms in total. The number of carbonyl (C=O) groups excluding carboxylic acids is 3. The molecule has 3 amide bonds. The molecule has 5 unspecified atom stereocenters. The molecule has 2 aliphatic rings. The van der Waals surface area contributed by atoms with Gasteiger partial charge in [-0.1, -0.05) is 28.0 Å². The first-order valence-electron chi connectivity index (χ1n) is 13.0. The highest BCUT2D eigenvalue weighted by molar-refractivity contribution is 8.80. The lowest BCUT2D eigenvalue weighted by atomic mass is 9.93. The monoisotopic (exact) mass is 577 g/mol. The summed E-state index contributed by atoms with van der Waals surface area (Å²) >= 11 is 4.19. The second-order valence-corrected chi connectivity index (χ2v) is 13.1. The molecule has 0 aromatic carbocycles. The Labute approximate surface area is 233 Å². The Morgan fingerprint density at radius 2 is 1.76 bits per heavy atom. The van der Waals surface area contributed by atoms with Crippen LogP contribution in [0.25, 0.3) is 0 Å². The van der Waals surface area contributed by atoms with Crippen LogP contribution in [0.4, 0.5) is 0 Å². The molecule has 0 spiro atoms. The predicted octanol–water partition coefficient (Wildman–Crippen LogP) is 1.25. The summed E-state index contributed by atoms with van der Waals surface area (Å²) in [5.41, 5.74) is 6.37. The van der Waals surface area contributed by atoms with Gasteiger partial charge in [0.25, 0.3) is 0 Å². The highest BCUT2D eigenvalue weighted by Gasteiger charge is 2.40. The van der Waals surface area contributed by atoms with Crippen LogP contribution >= 0.6 is 34.2 Å². The van der Waals surface area contributed by atoms with Crippen LogP contribution in [0.15, 0.2) is 0 Å². The summed E-state index contributed by atoms with van der Waals surface area (Å²) in [4.78, 5) is 52.2. The molecular weight excluding hydrogens is 534 g/mol. The fraction of sp³-hybridized carbons (Fsp3) is 0.833. The van der Waals surface area contributed by atoms with Crippen LogP contribution < -0.4 is 21.7 Å². The number of unbranched alkanes of at least 4 members (excludes halogenated alkanes) is 2. The average Bonchev–Trinajstić information content (AvgIpc) is 2.88. The quantitative estimate of drug-likeness (QED) is 0.102. The third-order valence-corrected chi connectivity index (χ3v) is 10.9. The topological polar surface area (TPSA) is 154 Å². The van der Waals surface area contributed by atoms with Crippen molar-refractivity contribution in [1.29, 1.82) is 0 Å². The van der Waals surface area contributed by atoms with Crippen molar-refractivity contribution in [3.05, 3.63) is 0 Å². The minimum absolute atomic E-state index is 0.152. The largest absolute Gasteiger partial charge is 0.481 e. The summed E-state index contributed by atoms with van der Waals surface area (Å²) in [6.07, 6.45) is 4.67. The number of carboxylic acid groups (broad SMARTS) is 1. The van der Waals surface area contributed by atoms with Crippen molar-refractivity contribution in [3.63, 3.8) is 0 Å². The maximum absolute atomic E-state index is 13.1. The number of carboxylic acids is 1. The number of hydrogen-bond donors (Lipinski definition) is 6. The van der Waals surface area contributed by atoms with E-state index < -0.39 is 35.8 Å². The summed E-state index contributed by atoms with van der Waals surface area (Å²) < 4.78 is 0. The van der Waals surface area contributed by atoms with Crippen molar-refractivity contribution in [3.8, 4) is 0 Å². The molecule has 212 valence electrons. The minimum Gasteiger partial charge on any atom is -0.481 e. The van der Waals surface area contributed by atoms with E-state index in [1.807, 2.05) is 0 Å². The highest BCUT2D eigenvalue weighted by Crippen LogP contribution is 2.53. The van der Waals surface area contributed by atoms with Gasteiger partial charge in [0.2, 0.25) is 17.7 Å². The van der Waals surface area contributed by atoms with Crippen molar-refractivity contribution in [2.45, 2.75) is 86.4 Å². The van der Waals surface area contributed by atoms with Crippen LogP contribution in [0, 0.1) is 5.92 Å².